The number of hydrogen-bond acceptors (Lipinski definition) is 5. The van der Waals surface area contributed by atoms with E-state index in [0.29, 0.717) is 38.6 Å². The summed E-state index contributed by atoms with van der Waals surface area (Å²) in [6.45, 7) is 4.87. The van der Waals surface area contributed by atoms with Crippen molar-refractivity contribution in [3.63, 3.8) is 0 Å². The molecule has 0 saturated heterocycles. The van der Waals surface area contributed by atoms with Crippen LogP contribution in [0, 0.1) is 0 Å². The van der Waals surface area contributed by atoms with Crippen LogP contribution in [0.5, 0.6) is 0 Å². The van der Waals surface area contributed by atoms with Gasteiger partial charge in [-0.2, -0.15) is 0 Å². The van der Waals surface area contributed by atoms with Crippen molar-refractivity contribution >= 4 is 17.8 Å². The number of rotatable bonds is 35. The van der Waals surface area contributed by atoms with Gasteiger partial charge in [0.15, 0.2) is 0 Å². The first kappa shape index (κ1) is 44.1. The second-order valence-electron chi connectivity index (χ2n) is 13.3. The molecule has 7 nitrogen and oxygen atoms in total. The number of nitrogens with one attached hydrogen (secondary N) is 1. The number of ether oxygens (including phenoxy) is 1. The summed E-state index contributed by atoms with van der Waals surface area (Å²) in [5.41, 5.74) is 5.47. The molecule has 0 rings (SSSR count). The largest absolute Gasteiger partial charge is 0.480 e. The topological polar surface area (TPSA) is 119 Å². The van der Waals surface area contributed by atoms with Gasteiger partial charge < -0.3 is 20.9 Å². The summed E-state index contributed by atoms with van der Waals surface area (Å²) in [6.07, 6.45) is 35.6. The van der Waals surface area contributed by atoms with Crippen LogP contribution in [0.2, 0.25) is 0 Å². The van der Waals surface area contributed by atoms with Gasteiger partial charge in [-0.3, -0.25) is 9.59 Å². The Morgan fingerprint density at radius 3 is 1.59 bits per heavy atom. The first-order chi connectivity index (χ1) is 22.4. The standard InChI is InChI=1S/C39H74N2O5/c1-3-5-7-9-10-11-12-13-14-15-16-17-18-19-20-21-22-27-33-38(43)46-35(29-24-8-6-4-2)30-25-23-26-32-37(42)41-36(39(44)45)31-28-34-40/h14-15,35-36H,3-13,16-34,40H2,1-2H3,(H,41,42)(H,44,45)/b15-14-. The Hall–Kier alpha value is -1.89. The van der Waals surface area contributed by atoms with Crippen LogP contribution in [0.1, 0.15) is 200 Å². The fourth-order valence-electron chi connectivity index (χ4n) is 5.86. The Labute approximate surface area is 283 Å². The quantitative estimate of drug-likeness (QED) is 0.0357. The summed E-state index contributed by atoms with van der Waals surface area (Å²) >= 11 is 0. The molecule has 0 fully saturated rings. The number of nitrogens with two attached hydrogens (primary N) is 1. The van der Waals surface area contributed by atoms with E-state index in [2.05, 4.69) is 31.3 Å². The lowest BCUT2D eigenvalue weighted by molar-refractivity contribution is -0.150. The molecule has 0 aliphatic rings. The highest BCUT2D eigenvalue weighted by atomic mass is 16.5. The molecule has 1 amide bonds. The number of unbranched alkanes of at least 4 members (excludes halogenated alkanes) is 19. The summed E-state index contributed by atoms with van der Waals surface area (Å²) in [4.78, 5) is 36.1. The highest BCUT2D eigenvalue weighted by Crippen LogP contribution is 2.18. The SMILES string of the molecule is CCCCCCCCC/C=C\CCCCCCCCCC(=O)OC(CCCCCC)CCCCCC(=O)NC(CCCN)C(=O)O. The highest BCUT2D eigenvalue weighted by molar-refractivity contribution is 5.83. The lowest BCUT2D eigenvalue weighted by Crippen LogP contribution is -2.40. The molecule has 0 aliphatic heterocycles. The van der Waals surface area contributed by atoms with Gasteiger partial charge in [-0.1, -0.05) is 122 Å². The number of allylic oxidation sites excluding steroid dienone is 2. The molecule has 0 bridgehead atoms. The van der Waals surface area contributed by atoms with E-state index in [4.69, 9.17) is 10.5 Å². The molecule has 0 spiro atoms. The lowest BCUT2D eigenvalue weighted by Gasteiger charge is -2.18. The van der Waals surface area contributed by atoms with Crippen molar-refractivity contribution in [2.24, 2.45) is 5.73 Å². The maximum Gasteiger partial charge on any atom is 0.326 e. The zero-order valence-electron chi connectivity index (χ0n) is 30.2. The third kappa shape index (κ3) is 30.7. The first-order valence-electron chi connectivity index (χ1n) is 19.5. The number of carboxylic acids is 1. The lowest BCUT2D eigenvalue weighted by atomic mass is 10.0. The first-order valence-corrected chi connectivity index (χ1v) is 19.5. The Morgan fingerprint density at radius 2 is 1.07 bits per heavy atom. The predicted octanol–water partition coefficient (Wildman–Crippen LogP) is 10.3. The average molecular weight is 651 g/mol. The van der Waals surface area contributed by atoms with Crippen LogP contribution in [0.4, 0.5) is 0 Å². The maximum atomic E-state index is 12.6. The second-order valence-corrected chi connectivity index (χ2v) is 13.3. The molecule has 2 atom stereocenters. The molecule has 0 aromatic heterocycles. The van der Waals surface area contributed by atoms with Gasteiger partial charge in [0.2, 0.25) is 5.91 Å². The molecule has 2 unspecified atom stereocenters. The summed E-state index contributed by atoms with van der Waals surface area (Å²) < 4.78 is 5.91. The van der Waals surface area contributed by atoms with E-state index in [0.717, 1.165) is 51.4 Å². The minimum atomic E-state index is -1.02. The van der Waals surface area contributed by atoms with Gasteiger partial charge >= 0.3 is 11.9 Å². The van der Waals surface area contributed by atoms with Crippen LogP contribution in [0.15, 0.2) is 12.2 Å². The van der Waals surface area contributed by atoms with Gasteiger partial charge in [0.1, 0.15) is 12.1 Å². The molecule has 0 aromatic rings. The number of esters is 1. The number of carbonyl (C=O) groups excluding carboxylic acids is 2. The molecule has 0 heterocycles. The van der Waals surface area contributed by atoms with Gasteiger partial charge in [0.25, 0.3) is 0 Å². The van der Waals surface area contributed by atoms with Crippen LogP contribution < -0.4 is 11.1 Å². The number of aliphatic carboxylic acids is 1. The van der Waals surface area contributed by atoms with Crippen LogP contribution in [-0.4, -0.2) is 41.6 Å². The van der Waals surface area contributed by atoms with E-state index in [1.807, 2.05) is 0 Å². The van der Waals surface area contributed by atoms with Crippen molar-refractivity contribution in [1.82, 2.24) is 5.32 Å². The van der Waals surface area contributed by atoms with Gasteiger partial charge in [-0.05, 0) is 83.6 Å². The Morgan fingerprint density at radius 1 is 0.609 bits per heavy atom. The number of amides is 1. The fourth-order valence-corrected chi connectivity index (χ4v) is 5.86. The molecule has 270 valence electrons. The van der Waals surface area contributed by atoms with Crippen LogP contribution >= 0.6 is 0 Å². The zero-order valence-corrected chi connectivity index (χ0v) is 30.2. The molecule has 0 radical (unpaired) electrons. The van der Waals surface area contributed by atoms with E-state index in [9.17, 15) is 19.5 Å². The number of carboxylic acid groups (broad SMARTS) is 1. The van der Waals surface area contributed by atoms with E-state index < -0.39 is 12.0 Å². The second kappa shape index (κ2) is 34.4. The third-order valence-electron chi connectivity index (χ3n) is 8.83. The van der Waals surface area contributed by atoms with Crippen molar-refractivity contribution in [1.29, 1.82) is 0 Å². The summed E-state index contributed by atoms with van der Waals surface area (Å²) in [7, 11) is 0. The number of hydrogen-bond donors (Lipinski definition) is 3. The van der Waals surface area contributed by atoms with Gasteiger partial charge in [-0.15, -0.1) is 0 Å². The van der Waals surface area contributed by atoms with Gasteiger partial charge in [-0.25, -0.2) is 4.79 Å². The van der Waals surface area contributed by atoms with Crippen LogP contribution in [0.25, 0.3) is 0 Å². The Balaban J connectivity index is 3.99. The minimum absolute atomic E-state index is 0.0459. The van der Waals surface area contributed by atoms with Crippen molar-refractivity contribution in [2.75, 3.05) is 6.54 Å². The molecule has 46 heavy (non-hydrogen) atoms. The molecule has 7 heteroatoms. The van der Waals surface area contributed by atoms with Crippen LogP contribution in [-0.2, 0) is 19.1 Å². The fraction of sp³-hybridized carbons (Fsp3) is 0.872. The van der Waals surface area contributed by atoms with E-state index in [-0.39, 0.29) is 18.0 Å². The van der Waals surface area contributed by atoms with Crippen molar-refractivity contribution in [3.05, 3.63) is 12.2 Å². The van der Waals surface area contributed by atoms with Crippen molar-refractivity contribution in [3.8, 4) is 0 Å². The molecule has 0 saturated carbocycles. The summed E-state index contributed by atoms with van der Waals surface area (Å²) in [5, 5.41) is 11.9. The van der Waals surface area contributed by atoms with E-state index in [1.54, 1.807) is 0 Å². The van der Waals surface area contributed by atoms with Crippen molar-refractivity contribution in [2.45, 2.75) is 212 Å². The number of carbonyl (C=O) groups is 3. The molecular weight excluding hydrogens is 576 g/mol. The summed E-state index contributed by atoms with van der Waals surface area (Å²) in [5.74, 6) is -1.31. The predicted molar refractivity (Wildman–Crippen MR) is 193 cm³/mol. The molecular formula is C39H74N2O5. The molecule has 0 aromatic carbocycles. The van der Waals surface area contributed by atoms with E-state index in [1.165, 1.54) is 103 Å². The Bertz CT molecular complexity index is 742. The molecule has 4 N–H and O–H groups in total. The highest BCUT2D eigenvalue weighted by Gasteiger charge is 2.19. The van der Waals surface area contributed by atoms with E-state index >= 15 is 0 Å². The monoisotopic (exact) mass is 651 g/mol. The van der Waals surface area contributed by atoms with Crippen LogP contribution in [0.3, 0.4) is 0 Å². The zero-order chi connectivity index (χ0) is 33.9. The molecule has 0 aliphatic carbocycles. The third-order valence-corrected chi connectivity index (χ3v) is 8.83. The maximum absolute atomic E-state index is 12.6. The van der Waals surface area contributed by atoms with Crippen molar-refractivity contribution < 1.29 is 24.2 Å². The smallest absolute Gasteiger partial charge is 0.326 e. The Kier molecular flexibility index (Phi) is 33.0. The normalized spacial score (nSPS) is 12.8. The summed E-state index contributed by atoms with van der Waals surface area (Å²) in [6, 6.07) is -0.871. The average Bonchev–Trinajstić information content (AvgIpc) is 3.03. The minimum Gasteiger partial charge on any atom is -0.480 e. The van der Waals surface area contributed by atoms with Gasteiger partial charge in [0, 0.05) is 12.8 Å². The van der Waals surface area contributed by atoms with Gasteiger partial charge in [0.05, 0.1) is 0 Å².